The Hall–Kier alpha value is -1.97. The Bertz CT molecular complexity index is 1190. The maximum Gasteiger partial charge on any atom is 0.259 e. The number of nitrogens with one attached hydrogen (secondary N) is 1. The zero-order valence-electron chi connectivity index (χ0n) is 16.4. The molecule has 0 aliphatic carbocycles. The quantitative estimate of drug-likeness (QED) is 0.508. The molecule has 0 aliphatic heterocycles. The Balaban J connectivity index is 1.87. The fraction of sp³-hybridized carbons (Fsp3) is 0.200. The Morgan fingerprint density at radius 2 is 1.83 bits per heavy atom. The molecule has 0 bridgehead atoms. The Labute approximate surface area is 189 Å². The minimum Gasteiger partial charge on any atom is -0.298 e. The number of rotatable bonds is 6. The lowest BCUT2D eigenvalue weighted by Gasteiger charge is -2.21. The van der Waals surface area contributed by atoms with Gasteiger partial charge in [-0.05, 0) is 38.1 Å². The topological polar surface area (TPSA) is 79.4 Å². The first-order valence-electron chi connectivity index (χ1n) is 8.90. The molecule has 10 heteroatoms. The first-order chi connectivity index (χ1) is 14.1. The van der Waals surface area contributed by atoms with Gasteiger partial charge in [-0.1, -0.05) is 41.4 Å². The number of hydrogen-bond acceptors (Lipinski definition) is 5. The third-order valence-electron chi connectivity index (χ3n) is 4.46. The Morgan fingerprint density at radius 3 is 2.50 bits per heavy atom. The van der Waals surface area contributed by atoms with E-state index in [2.05, 4.69) is 10.3 Å². The monoisotopic (exact) mass is 483 g/mol. The van der Waals surface area contributed by atoms with Crippen LogP contribution in [0.25, 0.3) is 11.3 Å². The SMILES string of the molecule is CC(C)N(C)S(=O)(=O)c1ccc(Cl)c(C(=O)Nc2nc(-c3ccccc3Cl)cs2)c1. The van der Waals surface area contributed by atoms with Crippen molar-refractivity contribution < 1.29 is 13.2 Å². The molecule has 0 unspecified atom stereocenters. The van der Waals surface area contributed by atoms with Crippen molar-refractivity contribution in [1.29, 1.82) is 0 Å². The molecule has 0 spiro atoms. The first-order valence-corrected chi connectivity index (χ1v) is 12.0. The standard InChI is InChI=1S/C20H19Cl2N3O3S2/c1-12(2)25(3)30(27,28)13-8-9-17(22)15(10-13)19(26)24-20-23-18(11-29-20)14-6-4-5-7-16(14)21/h4-12H,1-3H3,(H,23,24,26). The smallest absolute Gasteiger partial charge is 0.259 e. The molecule has 0 saturated carbocycles. The van der Waals surface area contributed by atoms with Gasteiger partial charge in [0.05, 0.1) is 21.2 Å². The van der Waals surface area contributed by atoms with Gasteiger partial charge in [-0.25, -0.2) is 13.4 Å². The van der Waals surface area contributed by atoms with Crippen molar-refractivity contribution in [1.82, 2.24) is 9.29 Å². The predicted molar refractivity (Wildman–Crippen MR) is 122 cm³/mol. The molecule has 0 saturated heterocycles. The first kappa shape index (κ1) is 22.7. The van der Waals surface area contributed by atoms with E-state index in [1.54, 1.807) is 25.3 Å². The van der Waals surface area contributed by atoms with Crippen LogP contribution in [0, 0.1) is 0 Å². The minimum absolute atomic E-state index is 0.0101. The molecule has 1 amide bonds. The molecular weight excluding hydrogens is 465 g/mol. The van der Waals surface area contributed by atoms with Crippen molar-refractivity contribution in [2.45, 2.75) is 24.8 Å². The normalized spacial score (nSPS) is 11.8. The third-order valence-corrected chi connectivity index (χ3v) is 7.91. The lowest BCUT2D eigenvalue weighted by Crippen LogP contribution is -2.33. The van der Waals surface area contributed by atoms with Gasteiger partial charge in [-0.3, -0.25) is 10.1 Å². The summed E-state index contributed by atoms with van der Waals surface area (Å²) in [6, 6.07) is 11.1. The molecule has 0 atom stereocenters. The lowest BCUT2D eigenvalue weighted by atomic mass is 10.2. The van der Waals surface area contributed by atoms with Gasteiger partial charge in [0, 0.05) is 29.1 Å². The van der Waals surface area contributed by atoms with E-state index in [1.165, 1.54) is 40.9 Å². The van der Waals surface area contributed by atoms with Gasteiger partial charge in [0.2, 0.25) is 10.0 Å². The summed E-state index contributed by atoms with van der Waals surface area (Å²) in [4.78, 5) is 17.1. The summed E-state index contributed by atoms with van der Waals surface area (Å²) in [5.74, 6) is -0.552. The second-order valence-electron chi connectivity index (χ2n) is 6.73. The number of anilines is 1. The van der Waals surface area contributed by atoms with Crippen LogP contribution < -0.4 is 5.32 Å². The zero-order valence-corrected chi connectivity index (χ0v) is 19.5. The molecule has 3 aromatic rings. The summed E-state index contributed by atoms with van der Waals surface area (Å²) in [6.45, 7) is 3.53. The molecule has 0 radical (unpaired) electrons. The maximum absolute atomic E-state index is 12.8. The van der Waals surface area contributed by atoms with Gasteiger partial charge in [-0.15, -0.1) is 11.3 Å². The van der Waals surface area contributed by atoms with Gasteiger partial charge in [0.15, 0.2) is 5.13 Å². The van der Waals surface area contributed by atoms with E-state index in [9.17, 15) is 13.2 Å². The highest BCUT2D eigenvalue weighted by molar-refractivity contribution is 7.89. The van der Waals surface area contributed by atoms with E-state index < -0.39 is 15.9 Å². The van der Waals surface area contributed by atoms with Crippen molar-refractivity contribution in [2.75, 3.05) is 12.4 Å². The van der Waals surface area contributed by atoms with Gasteiger partial charge in [0.25, 0.3) is 5.91 Å². The van der Waals surface area contributed by atoms with Crippen LogP contribution in [0.4, 0.5) is 5.13 Å². The van der Waals surface area contributed by atoms with Crippen molar-refractivity contribution in [2.24, 2.45) is 0 Å². The number of carbonyl (C=O) groups is 1. The number of halogens is 2. The summed E-state index contributed by atoms with van der Waals surface area (Å²) in [5.41, 5.74) is 1.42. The Kier molecular flexibility index (Phi) is 6.84. The molecule has 1 heterocycles. The van der Waals surface area contributed by atoms with E-state index in [0.717, 1.165) is 5.56 Å². The van der Waals surface area contributed by atoms with Gasteiger partial charge >= 0.3 is 0 Å². The summed E-state index contributed by atoms with van der Waals surface area (Å²) in [7, 11) is -2.27. The average molecular weight is 484 g/mol. The van der Waals surface area contributed by atoms with Gasteiger partial charge in [-0.2, -0.15) is 4.31 Å². The lowest BCUT2D eigenvalue weighted by molar-refractivity contribution is 0.102. The molecular formula is C20H19Cl2N3O3S2. The van der Waals surface area contributed by atoms with Crippen LogP contribution in [0.15, 0.2) is 52.7 Å². The third kappa shape index (κ3) is 4.68. The fourth-order valence-corrected chi connectivity index (χ4v) is 5.11. The van der Waals surface area contributed by atoms with Crippen molar-refractivity contribution in [3.8, 4) is 11.3 Å². The van der Waals surface area contributed by atoms with Crippen molar-refractivity contribution >= 4 is 55.6 Å². The highest BCUT2D eigenvalue weighted by Gasteiger charge is 2.25. The van der Waals surface area contributed by atoms with Crippen molar-refractivity contribution in [3.63, 3.8) is 0 Å². The number of aromatic nitrogens is 1. The van der Waals surface area contributed by atoms with Crippen LogP contribution in [-0.4, -0.2) is 36.7 Å². The second kappa shape index (κ2) is 9.03. The molecule has 0 fully saturated rings. The van der Waals surface area contributed by atoms with Crippen LogP contribution in [0.1, 0.15) is 24.2 Å². The minimum atomic E-state index is -3.75. The fourth-order valence-electron chi connectivity index (χ4n) is 2.57. The zero-order chi connectivity index (χ0) is 22.1. The van der Waals surface area contributed by atoms with E-state index in [1.807, 2.05) is 18.2 Å². The number of amides is 1. The molecule has 0 aliphatic rings. The van der Waals surface area contributed by atoms with Crippen molar-refractivity contribution in [3.05, 3.63) is 63.5 Å². The number of carbonyl (C=O) groups excluding carboxylic acids is 1. The number of sulfonamides is 1. The summed E-state index contributed by atoms with van der Waals surface area (Å²) < 4.78 is 26.7. The molecule has 3 rings (SSSR count). The molecule has 30 heavy (non-hydrogen) atoms. The van der Waals surface area contributed by atoms with Crippen LogP contribution in [0.5, 0.6) is 0 Å². The number of nitrogens with zero attached hydrogens (tertiary/aromatic N) is 2. The molecule has 6 nitrogen and oxygen atoms in total. The molecule has 1 aromatic heterocycles. The van der Waals surface area contributed by atoms with Crippen LogP contribution >= 0.6 is 34.5 Å². The molecule has 1 N–H and O–H groups in total. The average Bonchev–Trinajstić information content (AvgIpc) is 3.15. The van der Waals surface area contributed by atoms with E-state index in [0.29, 0.717) is 15.8 Å². The van der Waals surface area contributed by atoms with Crippen LogP contribution in [0.3, 0.4) is 0 Å². The maximum atomic E-state index is 12.8. The largest absolute Gasteiger partial charge is 0.298 e. The molecule has 158 valence electrons. The summed E-state index contributed by atoms with van der Waals surface area (Å²) in [6.07, 6.45) is 0. The summed E-state index contributed by atoms with van der Waals surface area (Å²) in [5, 5.41) is 5.48. The highest BCUT2D eigenvalue weighted by Crippen LogP contribution is 2.31. The number of benzene rings is 2. The van der Waals surface area contributed by atoms with E-state index >= 15 is 0 Å². The van der Waals surface area contributed by atoms with Gasteiger partial charge in [0.1, 0.15) is 0 Å². The Morgan fingerprint density at radius 1 is 1.13 bits per heavy atom. The highest BCUT2D eigenvalue weighted by atomic mass is 35.5. The second-order valence-corrected chi connectivity index (χ2v) is 10.4. The molecule has 2 aromatic carbocycles. The van der Waals surface area contributed by atoms with E-state index in [4.69, 9.17) is 23.2 Å². The van der Waals surface area contributed by atoms with Crippen LogP contribution in [0.2, 0.25) is 10.0 Å². The predicted octanol–water partition coefficient (Wildman–Crippen LogP) is 5.40. The summed E-state index contributed by atoms with van der Waals surface area (Å²) >= 11 is 13.6. The number of hydrogen-bond donors (Lipinski definition) is 1. The van der Waals surface area contributed by atoms with E-state index in [-0.39, 0.29) is 21.5 Å². The van der Waals surface area contributed by atoms with Gasteiger partial charge < -0.3 is 0 Å². The number of thiazole rings is 1. The van der Waals surface area contributed by atoms with Crippen LogP contribution in [-0.2, 0) is 10.0 Å².